The standard InChI is InChI=1S/C29H32FN9O3S/c1-37-11-13-38(14-12-37)19-6-8-20(9-7-19)39-16-21(26-28(31)32-17-33-29(26)39)18-5-10-23(22(30)15-18)36-43(40,41)25-4-2-3-24-27(25)35-42-34-24/h2-5,10,15-17,19-20,36H,6-9,11-14H2,1H3,(H2,31,32,33). The Balaban J connectivity index is 1.16. The van der Waals surface area contributed by atoms with Crippen LogP contribution in [0, 0.1) is 5.82 Å². The molecule has 43 heavy (non-hydrogen) atoms. The lowest BCUT2D eigenvalue weighted by Crippen LogP contribution is -2.49. The van der Waals surface area contributed by atoms with E-state index in [2.05, 4.69) is 51.0 Å². The van der Waals surface area contributed by atoms with Crippen molar-refractivity contribution >= 4 is 43.6 Å². The van der Waals surface area contributed by atoms with E-state index in [1.165, 1.54) is 30.6 Å². The van der Waals surface area contributed by atoms with Crippen molar-refractivity contribution in [2.45, 2.75) is 42.7 Å². The number of sulfonamides is 1. The van der Waals surface area contributed by atoms with E-state index in [1.807, 2.05) is 6.20 Å². The van der Waals surface area contributed by atoms with Gasteiger partial charge in [0, 0.05) is 50.0 Å². The molecule has 3 N–H and O–H groups in total. The molecular formula is C29H32FN9O3S. The largest absolute Gasteiger partial charge is 0.383 e. The van der Waals surface area contributed by atoms with Crippen LogP contribution in [-0.2, 0) is 10.0 Å². The summed E-state index contributed by atoms with van der Waals surface area (Å²) in [4.78, 5) is 13.6. The first-order chi connectivity index (χ1) is 20.8. The van der Waals surface area contributed by atoms with Gasteiger partial charge in [0.15, 0.2) is 5.52 Å². The van der Waals surface area contributed by atoms with Crippen molar-refractivity contribution in [3.8, 4) is 11.1 Å². The van der Waals surface area contributed by atoms with Crippen LogP contribution in [0.2, 0.25) is 0 Å². The Morgan fingerprint density at radius 1 is 1.00 bits per heavy atom. The maximum Gasteiger partial charge on any atom is 0.264 e. The number of nitrogen functional groups attached to an aromatic ring is 1. The Kier molecular flexibility index (Phi) is 6.98. The van der Waals surface area contributed by atoms with Gasteiger partial charge >= 0.3 is 0 Å². The van der Waals surface area contributed by atoms with E-state index in [0.717, 1.165) is 51.9 Å². The third kappa shape index (κ3) is 5.08. The molecule has 14 heteroatoms. The molecule has 7 rings (SSSR count). The van der Waals surface area contributed by atoms with Gasteiger partial charge < -0.3 is 15.2 Å². The van der Waals surface area contributed by atoms with Crippen LogP contribution < -0.4 is 10.5 Å². The summed E-state index contributed by atoms with van der Waals surface area (Å²) in [6.45, 7) is 4.43. The zero-order chi connectivity index (χ0) is 29.7. The molecule has 1 saturated carbocycles. The van der Waals surface area contributed by atoms with Gasteiger partial charge in [-0.25, -0.2) is 27.4 Å². The van der Waals surface area contributed by atoms with Crippen molar-refractivity contribution < 1.29 is 17.4 Å². The van der Waals surface area contributed by atoms with Gasteiger partial charge in [0.2, 0.25) is 0 Å². The molecule has 2 aliphatic rings. The van der Waals surface area contributed by atoms with E-state index in [0.29, 0.717) is 34.0 Å². The van der Waals surface area contributed by atoms with Crippen LogP contribution in [0.3, 0.4) is 0 Å². The number of fused-ring (bicyclic) bond motifs is 2. The summed E-state index contributed by atoms with van der Waals surface area (Å²) in [5.41, 5.74) is 8.43. The lowest BCUT2D eigenvalue weighted by molar-refractivity contribution is 0.0828. The Morgan fingerprint density at radius 3 is 2.53 bits per heavy atom. The first kappa shape index (κ1) is 27.7. The summed E-state index contributed by atoms with van der Waals surface area (Å²) in [5, 5.41) is 8.02. The minimum Gasteiger partial charge on any atom is -0.383 e. The SMILES string of the molecule is CN1CCN(C2CCC(n3cc(-c4ccc(NS(=O)(=O)c5cccc6nonc56)c(F)c4)c4c(N)ncnc43)CC2)CC1. The molecule has 3 aromatic heterocycles. The number of nitrogens with two attached hydrogens (primary N) is 1. The third-order valence-corrected chi connectivity index (χ3v) is 10.2. The Labute approximate surface area is 247 Å². The van der Waals surface area contributed by atoms with Crippen molar-refractivity contribution in [3.05, 3.63) is 54.7 Å². The highest BCUT2D eigenvalue weighted by molar-refractivity contribution is 7.93. The molecule has 0 unspecified atom stereocenters. The third-order valence-electron chi connectivity index (χ3n) is 8.82. The molecule has 1 saturated heterocycles. The molecule has 1 aliphatic heterocycles. The van der Waals surface area contributed by atoms with Crippen LogP contribution in [0.5, 0.6) is 0 Å². The first-order valence-corrected chi connectivity index (χ1v) is 15.8. The average molecular weight is 606 g/mol. The van der Waals surface area contributed by atoms with E-state index < -0.39 is 15.8 Å². The first-order valence-electron chi connectivity index (χ1n) is 14.4. The number of hydrogen-bond donors (Lipinski definition) is 2. The second-order valence-electron chi connectivity index (χ2n) is 11.4. The zero-order valence-electron chi connectivity index (χ0n) is 23.6. The second kappa shape index (κ2) is 10.8. The summed E-state index contributed by atoms with van der Waals surface area (Å²) >= 11 is 0. The number of piperazine rings is 1. The molecule has 4 heterocycles. The quantitative estimate of drug-likeness (QED) is 0.292. The van der Waals surface area contributed by atoms with E-state index in [9.17, 15) is 8.42 Å². The second-order valence-corrected chi connectivity index (χ2v) is 13.0. The van der Waals surface area contributed by atoms with Gasteiger partial charge in [-0.15, -0.1) is 0 Å². The van der Waals surface area contributed by atoms with Crippen LogP contribution in [-0.4, -0.2) is 82.3 Å². The predicted molar refractivity (Wildman–Crippen MR) is 160 cm³/mol. The van der Waals surface area contributed by atoms with E-state index in [4.69, 9.17) is 5.73 Å². The number of rotatable bonds is 6. The van der Waals surface area contributed by atoms with Crippen LogP contribution >= 0.6 is 0 Å². The fourth-order valence-corrected chi connectivity index (χ4v) is 7.68. The molecule has 224 valence electrons. The van der Waals surface area contributed by atoms with Gasteiger partial charge in [-0.05, 0) is 72.9 Å². The molecule has 0 atom stereocenters. The Morgan fingerprint density at radius 2 is 1.77 bits per heavy atom. The highest BCUT2D eigenvalue weighted by Gasteiger charge is 2.30. The molecule has 5 aromatic rings. The topological polar surface area (TPSA) is 148 Å². The van der Waals surface area contributed by atoms with Gasteiger partial charge in [0.1, 0.15) is 34.0 Å². The molecular weight excluding hydrogens is 573 g/mol. The predicted octanol–water partition coefficient (Wildman–Crippen LogP) is 3.89. The fraction of sp³-hybridized carbons (Fsp3) is 0.379. The van der Waals surface area contributed by atoms with E-state index in [-0.39, 0.29) is 27.7 Å². The molecule has 0 spiro atoms. The minimum absolute atomic E-state index is 0.0629. The summed E-state index contributed by atoms with van der Waals surface area (Å²) in [6.07, 6.45) is 7.65. The van der Waals surface area contributed by atoms with Crippen molar-refractivity contribution in [1.29, 1.82) is 0 Å². The van der Waals surface area contributed by atoms with Crippen molar-refractivity contribution in [2.75, 3.05) is 43.7 Å². The summed E-state index contributed by atoms with van der Waals surface area (Å²) in [7, 11) is -2.01. The number of nitrogens with one attached hydrogen (secondary N) is 1. The summed E-state index contributed by atoms with van der Waals surface area (Å²) < 4.78 is 50.9. The van der Waals surface area contributed by atoms with Gasteiger partial charge in [0.05, 0.1) is 11.1 Å². The Hall–Kier alpha value is -4.14. The normalized spacial score (nSPS) is 20.6. The number of likely N-dealkylation sites (N-methyl/N-ethyl adjacent to an activating group) is 1. The fourth-order valence-electron chi connectivity index (χ4n) is 6.46. The minimum atomic E-state index is -4.18. The maximum atomic E-state index is 15.5. The van der Waals surface area contributed by atoms with Crippen LogP contribution in [0.4, 0.5) is 15.9 Å². The number of nitrogens with zero attached hydrogens (tertiary/aromatic N) is 7. The highest BCUT2D eigenvalue weighted by Crippen LogP contribution is 2.39. The molecule has 2 fully saturated rings. The van der Waals surface area contributed by atoms with Crippen LogP contribution in [0.1, 0.15) is 31.7 Å². The lowest BCUT2D eigenvalue weighted by atomic mass is 9.89. The monoisotopic (exact) mass is 605 g/mol. The summed E-state index contributed by atoms with van der Waals surface area (Å²) in [5.74, 6) is -0.431. The van der Waals surface area contributed by atoms with Crippen LogP contribution in [0.25, 0.3) is 33.2 Å². The molecule has 2 aromatic carbocycles. The van der Waals surface area contributed by atoms with E-state index >= 15 is 4.39 Å². The Bertz CT molecular complexity index is 1910. The van der Waals surface area contributed by atoms with Gasteiger partial charge in [-0.1, -0.05) is 12.1 Å². The summed E-state index contributed by atoms with van der Waals surface area (Å²) in [6, 6.07) is 9.63. The number of anilines is 2. The van der Waals surface area contributed by atoms with Gasteiger partial charge in [-0.2, -0.15) is 0 Å². The van der Waals surface area contributed by atoms with Gasteiger partial charge in [-0.3, -0.25) is 9.62 Å². The van der Waals surface area contributed by atoms with Crippen LogP contribution in [0.15, 0.2) is 58.4 Å². The van der Waals surface area contributed by atoms with Crippen molar-refractivity contribution in [3.63, 3.8) is 0 Å². The zero-order valence-corrected chi connectivity index (χ0v) is 24.5. The molecule has 12 nitrogen and oxygen atoms in total. The lowest BCUT2D eigenvalue weighted by Gasteiger charge is -2.41. The van der Waals surface area contributed by atoms with E-state index in [1.54, 1.807) is 12.1 Å². The van der Waals surface area contributed by atoms with Gasteiger partial charge in [0.25, 0.3) is 10.0 Å². The molecule has 0 bridgehead atoms. The van der Waals surface area contributed by atoms with Crippen molar-refractivity contribution in [1.82, 2.24) is 34.6 Å². The number of hydrogen-bond acceptors (Lipinski definition) is 10. The van der Waals surface area contributed by atoms with Crippen molar-refractivity contribution in [2.24, 2.45) is 0 Å². The molecule has 1 aliphatic carbocycles. The molecule has 0 amide bonds. The number of benzene rings is 2. The average Bonchev–Trinajstić information content (AvgIpc) is 3.65. The maximum absolute atomic E-state index is 15.5. The number of halogens is 1. The number of aromatic nitrogens is 5. The highest BCUT2D eigenvalue weighted by atomic mass is 32.2. The smallest absolute Gasteiger partial charge is 0.264 e. The molecule has 0 radical (unpaired) electrons.